The first-order chi connectivity index (χ1) is 15.8. The van der Waals surface area contributed by atoms with Gasteiger partial charge < -0.3 is 19.0 Å². The molecule has 34 heavy (non-hydrogen) atoms. The molecule has 4 rings (SSSR count). The molecule has 1 aromatic carbocycles. The van der Waals surface area contributed by atoms with Crippen molar-refractivity contribution < 1.29 is 36.3 Å². The van der Waals surface area contributed by atoms with Gasteiger partial charge in [0, 0.05) is 29.9 Å². The molecule has 0 spiro atoms. The van der Waals surface area contributed by atoms with E-state index >= 15 is 0 Å². The number of carbonyl (C=O) groups excluding carboxylic acids is 2. The van der Waals surface area contributed by atoms with Crippen LogP contribution in [0.1, 0.15) is 48.1 Å². The van der Waals surface area contributed by atoms with Crippen molar-refractivity contribution in [1.29, 1.82) is 0 Å². The summed E-state index contributed by atoms with van der Waals surface area (Å²) in [6, 6.07) is 3.59. The van der Waals surface area contributed by atoms with E-state index in [0.29, 0.717) is 5.69 Å². The second-order valence-corrected chi connectivity index (χ2v) is 8.54. The molecule has 0 aliphatic carbocycles. The monoisotopic (exact) mass is 481 g/mol. The van der Waals surface area contributed by atoms with Gasteiger partial charge in [-0.25, -0.2) is 13.6 Å². The second-order valence-electron chi connectivity index (χ2n) is 8.54. The zero-order valence-corrected chi connectivity index (χ0v) is 18.4. The van der Waals surface area contributed by atoms with Gasteiger partial charge in [-0.2, -0.15) is 13.2 Å². The minimum Gasteiger partial charge on any atom is -0.462 e. The Morgan fingerprint density at radius 1 is 1.15 bits per heavy atom. The van der Waals surface area contributed by atoms with Crippen LogP contribution in [-0.4, -0.2) is 39.3 Å². The Morgan fingerprint density at radius 2 is 1.85 bits per heavy atom. The van der Waals surface area contributed by atoms with Crippen LogP contribution in [0.2, 0.25) is 0 Å². The quantitative estimate of drug-likeness (QED) is 0.428. The molecule has 0 saturated carbocycles. The number of imidazole rings is 1. The van der Waals surface area contributed by atoms with Crippen molar-refractivity contribution in [3.8, 4) is 0 Å². The van der Waals surface area contributed by atoms with Crippen molar-refractivity contribution in [3.05, 3.63) is 70.8 Å². The Balaban J connectivity index is 1.89. The molecule has 180 valence electrons. The minimum atomic E-state index is -4.58. The molecule has 0 atom stereocenters. The Morgan fingerprint density at radius 3 is 2.47 bits per heavy atom. The molecule has 0 fully saturated rings. The number of hydrogen-bond donors (Lipinski definition) is 1. The third-order valence-electron chi connectivity index (χ3n) is 5.56. The van der Waals surface area contributed by atoms with Gasteiger partial charge in [0.2, 0.25) is 0 Å². The van der Waals surface area contributed by atoms with Crippen molar-refractivity contribution in [3.63, 3.8) is 0 Å². The largest absolute Gasteiger partial charge is 0.462 e. The van der Waals surface area contributed by atoms with Gasteiger partial charge in [0.05, 0.1) is 23.6 Å². The maximum Gasteiger partial charge on any atom is 0.417 e. The number of rotatable bonds is 3. The highest BCUT2D eigenvalue weighted by molar-refractivity contribution is 6.17. The highest BCUT2D eigenvalue weighted by Gasteiger charge is 2.40. The smallest absolute Gasteiger partial charge is 0.417 e. The number of H-pyrrole nitrogens is 1. The normalized spacial score (nSPS) is 15.6. The first-order valence-corrected chi connectivity index (χ1v) is 10.3. The van der Waals surface area contributed by atoms with Gasteiger partial charge in [-0.3, -0.25) is 4.79 Å². The fraction of sp³-hybridized carbons (Fsp3) is 0.304. The second kappa shape index (κ2) is 8.00. The van der Waals surface area contributed by atoms with E-state index in [9.17, 15) is 31.5 Å². The maximum absolute atomic E-state index is 13.7. The van der Waals surface area contributed by atoms with Crippen LogP contribution in [0.5, 0.6) is 0 Å². The molecule has 1 amide bonds. The van der Waals surface area contributed by atoms with Crippen molar-refractivity contribution >= 4 is 23.1 Å². The van der Waals surface area contributed by atoms with E-state index in [2.05, 4.69) is 4.98 Å². The average molecular weight is 481 g/mol. The molecule has 0 bridgehead atoms. The van der Waals surface area contributed by atoms with Gasteiger partial charge in [0.25, 0.3) is 5.91 Å². The van der Waals surface area contributed by atoms with Crippen LogP contribution in [-0.2, 0) is 21.1 Å². The lowest BCUT2D eigenvalue weighted by Crippen LogP contribution is -2.37. The van der Waals surface area contributed by atoms with E-state index in [4.69, 9.17) is 4.74 Å². The Hall–Kier alpha value is -3.63. The maximum atomic E-state index is 13.7. The predicted octanol–water partition coefficient (Wildman–Crippen LogP) is 4.90. The molecular weight excluding hydrogens is 461 g/mol. The van der Waals surface area contributed by atoms with Crippen molar-refractivity contribution in [2.75, 3.05) is 13.2 Å². The number of halogens is 5. The summed E-state index contributed by atoms with van der Waals surface area (Å²) in [6.45, 7) is 4.91. The summed E-state index contributed by atoms with van der Waals surface area (Å²) in [4.78, 5) is 30.0. The molecular formula is C23H20F5N3O3. The van der Waals surface area contributed by atoms with E-state index in [1.807, 2.05) is 0 Å². The molecule has 0 radical (unpaired) electrons. The van der Waals surface area contributed by atoms with Crippen LogP contribution in [0, 0.1) is 11.6 Å². The van der Waals surface area contributed by atoms with Gasteiger partial charge in [-0.05, 0) is 31.2 Å². The Kier molecular flexibility index (Phi) is 5.53. The molecule has 6 nitrogen and oxygen atoms in total. The van der Waals surface area contributed by atoms with Crippen LogP contribution in [0.3, 0.4) is 0 Å². The van der Waals surface area contributed by atoms with Crippen molar-refractivity contribution in [2.24, 2.45) is 0 Å². The van der Waals surface area contributed by atoms with Crippen LogP contribution in [0.25, 0.3) is 11.2 Å². The minimum absolute atomic E-state index is 0.0177. The fourth-order valence-corrected chi connectivity index (χ4v) is 4.12. The molecule has 0 unspecified atom stereocenters. The summed E-state index contributed by atoms with van der Waals surface area (Å²) in [7, 11) is 0. The molecule has 3 heterocycles. The summed E-state index contributed by atoms with van der Waals surface area (Å²) in [5.74, 6) is -3.86. The number of nitrogens with one attached hydrogen (secondary N) is 1. The number of nitrogens with zero attached hydrogens (tertiary/aromatic N) is 2. The van der Waals surface area contributed by atoms with Gasteiger partial charge in [-0.15, -0.1) is 0 Å². The van der Waals surface area contributed by atoms with Gasteiger partial charge in [0.15, 0.2) is 11.6 Å². The van der Waals surface area contributed by atoms with E-state index in [1.165, 1.54) is 10.6 Å². The molecule has 1 aliphatic rings. The lowest BCUT2D eigenvalue weighted by Gasteiger charge is -2.29. The number of benzene rings is 1. The van der Waals surface area contributed by atoms with Gasteiger partial charge in [-0.1, -0.05) is 13.8 Å². The number of esters is 1. The van der Waals surface area contributed by atoms with Crippen LogP contribution in [0.15, 0.2) is 36.7 Å². The lowest BCUT2D eigenvalue weighted by molar-refractivity contribution is -0.138. The SMILES string of the molecule is CCOC(=O)C1=CN(C(=O)c2ccc(F)c(F)c2)CC(C)(C)c2c1[nH]c1cc(C(F)(F)F)cn21. The first kappa shape index (κ1) is 23.5. The van der Waals surface area contributed by atoms with Crippen LogP contribution >= 0.6 is 0 Å². The number of aromatic amines is 1. The highest BCUT2D eigenvalue weighted by Crippen LogP contribution is 2.39. The van der Waals surface area contributed by atoms with E-state index in [1.54, 1.807) is 20.8 Å². The highest BCUT2D eigenvalue weighted by atomic mass is 19.4. The summed E-state index contributed by atoms with van der Waals surface area (Å²) in [5.41, 5.74) is -1.46. The number of hydrogen-bond acceptors (Lipinski definition) is 3. The first-order valence-electron chi connectivity index (χ1n) is 10.3. The Bertz CT molecular complexity index is 1330. The average Bonchev–Trinajstić information content (AvgIpc) is 3.27. The summed E-state index contributed by atoms with van der Waals surface area (Å²) >= 11 is 0. The summed E-state index contributed by atoms with van der Waals surface area (Å²) in [5, 5.41) is 0. The van der Waals surface area contributed by atoms with Crippen LogP contribution in [0.4, 0.5) is 22.0 Å². The molecule has 1 N–H and O–H groups in total. The molecule has 3 aromatic rings. The van der Waals surface area contributed by atoms with Crippen molar-refractivity contribution in [1.82, 2.24) is 14.3 Å². The van der Waals surface area contributed by atoms with Gasteiger partial charge in [0.1, 0.15) is 11.2 Å². The van der Waals surface area contributed by atoms with Crippen molar-refractivity contribution in [2.45, 2.75) is 32.4 Å². The molecule has 0 saturated heterocycles. The lowest BCUT2D eigenvalue weighted by atomic mass is 9.87. The topological polar surface area (TPSA) is 66.8 Å². The van der Waals surface area contributed by atoms with E-state index < -0.39 is 40.7 Å². The third kappa shape index (κ3) is 3.95. The fourth-order valence-electron chi connectivity index (χ4n) is 4.12. The number of fused-ring (bicyclic) bond motifs is 3. The zero-order valence-electron chi connectivity index (χ0n) is 18.4. The van der Waals surface area contributed by atoms with Crippen LogP contribution < -0.4 is 0 Å². The standard InChI is InChI=1S/C23H20F5N3O3/c1-4-34-21(33)14-10-30(20(32)12-5-6-15(24)16(25)7-12)11-22(2,3)19-18(14)29-17-8-13(9-31(17)19)23(26,27)28/h5-10,29H,4,11H2,1-3H3. The molecule has 1 aliphatic heterocycles. The third-order valence-corrected chi connectivity index (χ3v) is 5.56. The number of amides is 1. The van der Waals surface area contributed by atoms with E-state index in [-0.39, 0.29) is 35.6 Å². The summed E-state index contributed by atoms with van der Waals surface area (Å²) < 4.78 is 73.4. The number of aromatic nitrogens is 2. The number of ether oxygens (including phenoxy) is 1. The molecule has 11 heteroatoms. The predicted molar refractivity (Wildman–Crippen MR) is 112 cm³/mol. The zero-order chi connectivity index (χ0) is 25.0. The Labute approximate surface area is 190 Å². The van der Waals surface area contributed by atoms with Gasteiger partial charge >= 0.3 is 12.1 Å². The summed E-state index contributed by atoms with van der Waals surface area (Å²) in [6.07, 6.45) is -2.44. The molecule has 2 aromatic heterocycles. The number of carbonyl (C=O) groups is 2. The number of alkyl halides is 3. The van der Waals surface area contributed by atoms with E-state index in [0.717, 1.165) is 35.4 Å².